The van der Waals surface area contributed by atoms with E-state index in [1.807, 2.05) is 12.1 Å². The van der Waals surface area contributed by atoms with E-state index in [9.17, 15) is 4.79 Å². The first kappa shape index (κ1) is 16.0. The first-order chi connectivity index (χ1) is 9.99. The minimum atomic E-state index is -0.0889. The van der Waals surface area contributed by atoms with E-state index in [1.165, 1.54) is 34.2 Å². The molecule has 0 saturated heterocycles. The van der Waals surface area contributed by atoms with Crippen LogP contribution in [0.25, 0.3) is 0 Å². The predicted molar refractivity (Wildman–Crippen MR) is 87.8 cm³/mol. The number of aryl methyl sites for hydroxylation is 1. The normalized spacial score (nSPS) is 11.4. The van der Waals surface area contributed by atoms with Crippen molar-refractivity contribution in [1.82, 2.24) is 15.5 Å². The highest BCUT2D eigenvalue weighted by Gasteiger charge is 2.22. The molecule has 4 nitrogen and oxygen atoms in total. The Kier molecular flexibility index (Phi) is 5.36. The zero-order valence-electron chi connectivity index (χ0n) is 12.4. The zero-order valence-corrected chi connectivity index (χ0v) is 14.1. The third kappa shape index (κ3) is 4.54. The van der Waals surface area contributed by atoms with Crippen molar-refractivity contribution in [2.75, 3.05) is 12.3 Å². The summed E-state index contributed by atoms with van der Waals surface area (Å²) in [7, 11) is 0. The van der Waals surface area contributed by atoms with Crippen molar-refractivity contribution in [2.45, 2.75) is 30.5 Å². The highest BCUT2D eigenvalue weighted by atomic mass is 32.2. The van der Waals surface area contributed by atoms with Crippen LogP contribution in [0.3, 0.4) is 0 Å². The van der Waals surface area contributed by atoms with Gasteiger partial charge in [0.15, 0.2) is 4.34 Å². The van der Waals surface area contributed by atoms with Crippen molar-refractivity contribution in [3.63, 3.8) is 0 Å². The van der Waals surface area contributed by atoms with Crippen molar-refractivity contribution in [2.24, 2.45) is 0 Å². The van der Waals surface area contributed by atoms with Gasteiger partial charge in [0, 0.05) is 12.0 Å². The molecule has 1 aromatic carbocycles. The number of benzene rings is 1. The molecule has 0 aliphatic carbocycles. The Labute approximate surface area is 133 Å². The van der Waals surface area contributed by atoms with Gasteiger partial charge in [-0.05, 0) is 18.1 Å². The first-order valence-electron chi connectivity index (χ1n) is 6.71. The summed E-state index contributed by atoms with van der Waals surface area (Å²) in [4.78, 5) is 11.9. The molecule has 1 amide bonds. The number of amides is 1. The Balaban J connectivity index is 1.86. The molecule has 2 rings (SSSR count). The average Bonchev–Trinajstić information content (AvgIpc) is 2.96. The minimum absolute atomic E-state index is 0.0249. The van der Waals surface area contributed by atoms with Crippen LogP contribution in [0.1, 0.15) is 25.0 Å². The third-order valence-electron chi connectivity index (χ3n) is 3.27. The van der Waals surface area contributed by atoms with E-state index in [-0.39, 0.29) is 11.3 Å². The van der Waals surface area contributed by atoms with E-state index in [2.05, 4.69) is 48.4 Å². The van der Waals surface area contributed by atoms with Crippen molar-refractivity contribution in [1.29, 1.82) is 0 Å². The first-order valence-corrected chi connectivity index (χ1v) is 8.57. The molecular formula is C15H19N3OS2. The Hall–Kier alpha value is -1.40. The van der Waals surface area contributed by atoms with Gasteiger partial charge >= 0.3 is 0 Å². The van der Waals surface area contributed by atoms with Crippen molar-refractivity contribution in [3.05, 3.63) is 40.9 Å². The van der Waals surface area contributed by atoms with Crippen LogP contribution in [0.4, 0.5) is 0 Å². The SMILES string of the molecule is Cc1ccccc1C(C)(C)CNC(=O)CSc1nncs1. The van der Waals surface area contributed by atoms with Gasteiger partial charge in [-0.25, -0.2) is 0 Å². The molecule has 1 heterocycles. The molecule has 0 aliphatic rings. The Morgan fingerprint density at radius 1 is 1.38 bits per heavy atom. The second-order valence-electron chi connectivity index (χ2n) is 5.47. The summed E-state index contributed by atoms with van der Waals surface area (Å²) in [5.41, 5.74) is 4.10. The molecule has 1 N–H and O–H groups in total. The van der Waals surface area contributed by atoms with E-state index in [1.54, 1.807) is 5.51 Å². The Morgan fingerprint density at radius 2 is 2.14 bits per heavy atom. The lowest BCUT2D eigenvalue weighted by atomic mass is 9.82. The fraction of sp³-hybridized carbons (Fsp3) is 0.400. The summed E-state index contributed by atoms with van der Waals surface area (Å²) in [6.07, 6.45) is 0. The summed E-state index contributed by atoms with van der Waals surface area (Å²) < 4.78 is 0.823. The van der Waals surface area contributed by atoms with Crippen molar-refractivity contribution in [3.8, 4) is 0 Å². The molecule has 6 heteroatoms. The summed E-state index contributed by atoms with van der Waals surface area (Å²) >= 11 is 2.87. The van der Waals surface area contributed by atoms with Crippen LogP contribution in [0.15, 0.2) is 34.1 Å². The number of hydrogen-bond donors (Lipinski definition) is 1. The van der Waals surface area contributed by atoms with E-state index in [4.69, 9.17) is 0 Å². The molecule has 21 heavy (non-hydrogen) atoms. The maximum Gasteiger partial charge on any atom is 0.230 e. The molecule has 0 fully saturated rings. The van der Waals surface area contributed by atoms with Crippen LogP contribution >= 0.6 is 23.1 Å². The largest absolute Gasteiger partial charge is 0.355 e. The lowest BCUT2D eigenvalue weighted by molar-refractivity contribution is -0.118. The highest BCUT2D eigenvalue weighted by Crippen LogP contribution is 2.25. The molecule has 112 valence electrons. The molecule has 0 aliphatic heterocycles. The summed E-state index contributed by atoms with van der Waals surface area (Å²) in [5.74, 6) is 0.399. The lowest BCUT2D eigenvalue weighted by Gasteiger charge is -2.27. The fourth-order valence-corrected chi connectivity index (χ4v) is 3.47. The number of carbonyl (C=O) groups is 1. The molecular weight excluding hydrogens is 302 g/mol. The van der Waals surface area contributed by atoms with Crippen LogP contribution < -0.4 is 5.32 Å². The number of thioether (sulfide) groups is 1. The van der Waals surface area contributed by atoms with E-state index >= 15 is 0 Å². The van der Waals surface area contributed by atoms with Crippen LogP contribution in [-0.4, -0.2) is 28.4 Å². The number of carbonyl (C=O) groups excluding carboxylic acids is 1. The quantitative estimate of drug-likeness (QED) is 0.831. The fourth-order valence-electron chi connectivity index (χ4n) is 2.15. The topological polar surface area (TPSA) is 54.9 Å². The second-order valence-corrected chi connectivity index (χ2v) is 7.52. The van der Waals surface area contributed by atoms with E-state index in [0.717, 1.165) is 4.34 Å². The van der Waals surface area contributed by atoms with Crippen LogP contribution in [0.2, 0.25) is 0 Å². The number of aromatic nitrogens is 2. The van der Waals surface area contributed by atoms with Gasteiger partial charge in [-0.15, -0.1) is 10.2 Å². The van der Waals surface area contributed by atoms with Gasteiger partial charge in [0.1, 0.15) is 5.51 Å². The van der Waals surface area contributed by atoms with Crippen molar-refractivity contribution < 1.29 is 4.79 Å². The van der Waals surface area contributed by atoms with Crippen LogP contribution in [0.5, 0.6) is 0 Å². The summed E-state index contributed by atoms with van der Waals surface area (Å²) in [6, 6.07) is 8.30. The Bertz CT molecular complexity index is 597. The standard InChI is InChI=1S/C15H19N3OS2/c1-11-6-4-5-7-12(11)15(2,3)9-16-13(19)8-20-14-18-17-10-21-14/h4-7,10H,8-9H2,1-3H3,(H,16,19). The molecule has 0 radical (unpaired) electrons. The maximum absolute atomic E-state index is 11.9. The van der Waals surface area contributed by atoms with Gasteiger partial charge in [-0.3, -0.25) is 4.79 Å². The monoisotopic (exact) mass is 321 g/mol. The van der Waals surface area contributed by atoms with Gasteiger partial charge in [0.2, 0.25) is 5.91 Å². The van der Waals surface area contributed by atoms with Gasteiger partial charge in [0.25, 0.3) is 0 Å². The predicted octanol–water partition coefficient (Wildman–Crippen LogP) is 3.03. The van der Waals surface area contributed by atoms with Crippen LogP contribution in [0, 0.1) is 6.92 Å². The summed E-state index contributed by atoms with van der Waals surface area (Å²) in [6.45, 7) is 7.01. The molecule has 0 bridgehead atoms. The highest BCUT2D eigenvalue weighted by molar-refractivity contribution is 8.01. The van der Waals surface area contributed by atoms with E-state index < -0.39 is 0 Å². The molecule has 0 saturated carbocycles. The zero-order chi connectivity index (χ0) is 15.3. The molecule has 1 aromatic heterocycles. The third-order valence-corrected chi connectivity index (χ3v) is 5.13. The molecule has 0 spiro atoms. The van der Waals surface area contributed by atoms with Crippen molar-refractivity contribution >= 4 is 29.0 Å². The average molecular weight is 321 g/mol. The van der Waals surface area contributed by atoms with E-state index in [0.29, 0.717) is 12.3 Å². The molecule has 2 aromatic rings. The minimum Gasteiger partial charge on any atom is -0.355 e. The van der Waals surface area contributed by atoms with Gasteiger partial charge in [-0.2, -0.15) is 0 Å². The lowest BCUT2D eigenvalue weighted by Crippen LogP contribution is -2.37. The molecule has 0 unspecified atom stereocenters. The molecule has 0 atom stereocenters. The number of hydrogen-bond acceptors (Lipinski definition) is 5. The number of nitrogens with zero attached hydrogens (tertiary/aromatic N) is 2. The summed E-state index contributed by atoms with van der Waals surface area (Å²) in [5, 5.41) is 10.7. The smallest absolute Gasteiger partial charge is 0.230 e. The van der Waals surface area contributed by atoms with Gasteiger partial charge < -0.3 is 5.32 Å². The number of nitrogens with one attached hydrogen (secondary N) is 1. The second kappa shape index (κ2) is 7.04. The Morgan fingerprint density at radius 3 is 2.81 bits per heavy atom. The number of rotatable bonds is 6. The van der Waals surface area contributed by atoms with Crippen LogP contribution in [-0.2, 0) is 10.2 Å². The van der Waals surface area contributed by atoms with Gasteiger partial charge in [-0.1, -0.05) is 61.2 Å². The maximum atomic E-state index is 11.9. The van der Waals surface area contributed by atoms with Gasteiger partial charge in [0.05, 0.1) is 5.75 Å².